The van der Waals surface area contributed by atoms with Crippen molar-refractivity contribution in [3.8, 4) is 17.2 Å². The van der Waals surface area contributed by atoms with Gasteiger partial charge in [-0.3, -0.25) is 19.2 Å². The molecule has 9 aromatic carbocycles. The number of hydrogen-bond acceptors (Lipinski definition) is 8. The molecule has 10 nitrogen and oxygen atoms in total. The Morgan fingerprint density at radius 1 is 0.282 bits per heavy atom. The fourth-order valence-corrected chi connectivity index (χ4v) is 27.0. The Kier molecular flexibility index (Phi) is 20.1. The Hall–Kier alpha value is -13.7. The van der Waals surface area contributed by atoms with Crippen LogP contribution in [0, 0.1) is 58.7 Å². The van der Waals surface area contributed by atoms with Crippen molar-refractivity contribution in [1.82, 2.24) is 0 Å². The van der Waals surface area contributed by atoms with Crippen molar-refractivity contribution in [2.75, 3.05) is 9.80 Å². The molecule has 14 aliphatic carbocycles. The Balaban J connectivity index is 0.600. The van der Waals surface area contributed by atoms with E-state index in [1.54, 1.807) is 0 Å². The number of nitrogens with zero attached hydrogens (tertiary/aromatic N) is 2. The van der Waals surface area contributed by atoms with Crippen molar-refractivity contribution >= 4 is 103 Å². The number of allylic oxidation sites excluding steroid dienone is 24. The summed E-state index contributed by atoms with van der Waals surface area (Å²) in [4.78, 5) is 68.3. The van der Waals surface area contributed by atoms with E-state index < -0.39 is 23.7 Å². The Morgan fingerprint density at radius 2 is 0.528 bits per heavy atom. The quantitative estimate of drug-likeness (QED) is 0.0990. The van der Waals surface area contributed by atoms with E-state index in [2.05, 4.69) is 375 Å². The van der Waals surface area contributed by atoms with E-state index in [0.29, 0.717) is 74.1 Å². The molecule has 0 bridgehead atoms. The van der Waals surface area contributed by atoms with Gasteiger partial charge in [-0.05, 0) is 336 Å². The molecule has 5 fully saturated rings. The van der Waals surface area contributed by atoms with Crippen molar-refractivity contribution in [1.29, 1.82) is 0 Å². The third-order valence-corrected chi connectivity index (χ3v) is 34.3. The number of para-hydroxylation sites is 2. The third kappa shape index (κ3) is 13.7. The lowest BCUT2D eigenvalue weighted by molar-refractivity contribution is -0.126. The van der Waals surface area contributed by atoms with Gasteiger partial charge in [0.25, 0.3) is 23.6 Å². The molecule has 16 aliphatic rings. The number of anilines is 2. The average Bonchev–Trinajstić information content (AvgIpc) is 1.17. The van der Waals surface area contributed by atoms with Crippen LogP contribution in [0.1, 0.15) is 271 Å². The molecule has 2 saturated heterocycles. The molecule has 9 aromatic rings. The summed E-state index contributed by atoms with van der Waals surface area (Å²) in [7, 11) is 0. The minimum atomic E-state index is -0.635. The molecular weight excluding hydrogens is 1740 g/mol. The van der Waals surface area contributed by atoms with E-state index in [0.717, 1.165) is 126 Å². The van der Waals surface area contributed by atoms with E-state index in [-0.39, 0.29) is 98.7 Å². The number of carbonyl (C=O) groups excluding carboxylic acids is 4. The van der Waals surface area contributed by atoms with E-state index in [1.807, 2.05) is 18.2 Å². The average molecular weight is 1870 g/mol. The maximum absolute atomic E-state index is 16.3. The first-order valence-electron chi connectivity index (χ1n) is 52.1. The number of rotatable bonds is 14. The van der Waals surface area contributed by atoms with Crippen molar-refractivity contribution in [3.05, 3.63) is 404 Å². The number of fused-ring (bicyclic) bond motifs is 14. The van der Waals surface area contributed by atoms with Crippen LogP contribution in [0.3, 0.4) is 0 Å². The second kappa shape index (κ2) is 31.9. The maximum Gasteiger partial charge on any atom is 0.262 e. The predicted octanol–water partition coefficient (Wildman–Crippen LogP) is 31.1. The molecule has 3 saturated carbocycles. The van der Waals surface area contributed by atoms with Crippen molar-refractivity contribution < 1.29 is 38.1 Å². The number of carbonyl (C=O) groups is 4. The highest BCUT2D eigenvalue weighted by atomic mass is 16.5. The first-order valence-corrected chi connectivity index (χ1v) is 52.1. The van der Waals surface area contributed by atoms with Gasteiger partial charge >= 0.3 is 0 Å². The van der Waals surface area contributed by atoms with Crippen LogP contribution in [0.2, 0.25) is 0 Å². The lowest BCUT2D eigenvalue weighted by Crippen LogP contribution is -2.53. The summed E-state index contributed by atoms with van der Waals surface area (Å²) in [6.07, 6.45) is 40.1. The standard InChI is InChI=1S/C132H124N2O8/c1-67(2)87-23-21-24-88(68(3)4)123(87)133-125(135)103-63-107(139-83-39-31-79(32-40-83)129(9,10)11)117-95-51-47-91-99-59-75-55-71-27-29-73-57-77-61-101-93-49-53-97-114-98(120-110(142-86-45-37-82(38-46-86)132(18,19)20)66-106-116-105(65-109(119(97)122(116)120)141-85-43-35-81(36-44-85)131(15,16)17)127(137)134(128(106)138)124-89(69(5)6)25-22-26-90(124)70(7)8)54-50-94(112(93)114)102(101)62-78(77)58-74(73)30-28-72(71)56-76(75)60-100(99)92-48-52-96(113(95)111(91)92)118-108(64-104(126(133)136)115(103)121(117)118)140-84-41-33-80(34-42-84)130(12,13)14/h21-36,39-44,47-70,82,86,111-116,121-122H,37-38,45-46H2,1-20H3. The number of imide groups is 2. The topological polar surface area (TPSA) is 112 Å². The summed E-state index contributed by atoms with van der Waals surface area (Å²) in [5.74, 6) is 1.34. The first kappa shape index (κ1) is 89.6. The van der Waals surface area contributed by atoms with E-state index >= 15 is 19.2 Å². The van der Waals surface area contributed by atoms with Crippen molar-refractivity contribution in [3.63, 3.8) is 0 Å². The number of hydrogen-bond donors (Lipinski definition) is 0. The lowest BCUT2D eigenvalue weighted by atomic mass is 9.52. The van der Waals surface area contributed by atoms with Crippen LogP contribution in [0.4, 0.5) is 11.4 Å². The van der Waals surface area contributed by atoms with Gasteiger partial charge in [-0.25, -0.2) is 9.80 Å². The molecule has 10 heteroatoms. The van der Waals surface area contributed by atoms with E-state index in [1.165, 1.54) is 87.4 Å². The van der Waals surface area contributed by atoms with Crippen molar-refractivity contribution in [2.24, 2.45) is 58.7 Å². The highest BCUT2D eigenvalue weighted by Crippen LogP contribution is 2.70. The van der Waals surface area contributed by atoms with Gasteiger partial charge in [0.2, 0.25) is 0 Å². The monoisotopic (exact) mass is 1860 g/mol. The Bertz CT molecular complexity index is 7650. The minimum absolute atomic E-state index is 0.0117. The van der Waals surface area contributed by atoms with E-state index in [4.69, 9.17) is 18.9 Å². The zero-order valence-electron chi connectivity index (χ0n) is 85.3. The fourth-order valence-electron chi connectivity index (χ4n) is 27.0. The minimum Gasteiger partial charge on any atom is -0.490 e. The second-order valence-electron chi connectivity index (χ2n) is 48.1. The molecule has 8 unspecified atom stereocenters. The fraction of sp³-hybridized carbons (Fsp3) is 0.318. The van der Waals surface area contributed by atoms with Gasteiger partial charge in [0.1, 0.15) is 40.3 Å². The smallest absolute Gasteiger partial charge is 0.262 e. The largest absolute Gasteiger partial charge is 0.490 e. The molecule has 0 aromatic heterocycles. The molecule has 25 rings (SSSR count). The molecule has 2 heterocycles. The second-order valence-corrected chi connectivity index (χ2v) is 48.1. The zero-order valence-corrected chi connectivity index (χ0v) is 85.3. The Morgan fingerprint density at radius 3 is 0.789 bits per heavy atom. The summed E-state index contributed by atoms with van der Waals surface area (Å²) in [5.41, 5.74) is 33.9. The number of ether oxygens (including phenoxy) is 4. The predicted molar refractivity (Wildman–Crippen MR) is 576 cm³/mol. The lowest BCUT2D eigenvalue weighted by Gasteiger charge is -2.52. The highest BCUT2D eigenvalue weighted by Gasteiger charge is 2.63. The van der Waals surface area contributed by atoms with Crippen LogP contribution in [-0.4, -0.2) is 29.7 Å². The SMILES string of the molecule is CC(C)c1cccc(C(C)C)c1N1C(=O)C2=CC(Oc3ccc(C(C)(C)C)cc3)=C3C4=CC=C5c6cc7cc8c(cc7cc6C6=CC=C(C7=C(Oc9ccc(C(C)(C)C)cc9)C=C(C1=O)C2C37)C4C56)C=Cc1cc2cc3c(cc2cc1C=C8)C1=CC=C2C4=C(Oc5ccc(C(C)(C)C)cc5)C=C5C(=O)N(c6c(C(C)C)cccc6C(C)C)C(=O)C6=CC(OC7CCC(C(C)(C)C)CC7)=C(C7=CC=C3C1C27)C4C56. The van der Waals surface area contributed by atoms with Crippen LogP contribution < -0.4 is 24.0 Å². The van der Waals surface area contributed by atoms with Crippen LogP contribution in [0.15, 0.2) is 321 Å². The van der Waals surface area contributed by atoms with Gasteiger partial charge in [0.15, 0.2) is 0 Å². The van der Waals surface area contributed by atoms with Gasteiger partial charge in [0, 0.05) is 91.9 Å². The first-order chi connectivity index (χ1) is 67.9. The zero-order chi connectivity index (χ0) is 98.3. The summed E-state index contributed by atoms with van der Waals surface area (Å²) in [6, 6.07) is 57.1. The molecule has 8 atom stereocenters. The molecule has 0 radical (unpaired) electrons. The summed E-state index contributed by atoms with van der Waals surface area (Å²) in [5, 5.41) is 4.65. The molecule has 2 aliphatic heterocycles. The highest BCUT2D eigenvalue weighted by molar-refractivity contribution is 6.32. The van der Waals surface area contributed by atoms with Crippen LogP contribution in [0.25, 0.3) is 68.1 Å². The molecular formula is C132H124N2O8. The van der Waals surface area contributed by atoms with Crippen LogP contribution in [0.5, 0.6) is 17.2 Å². The molecule has 710 valence electrons. The van der Waals surface area contributed by atoms with Gasteiger partial charge in [-0.15, -0.1) is 0 Å². The Labute approximate surface area is 835 Å². The van der Waals surface area contributed by atoms with Gasteiger partial charge in [-0.2, -0.15) is 0 Å². The number of piperidine rings is 2. The van der Waals surface area contributed by atoms with Crippen LogP contribution in [-0.2, 0) is 40.2 Å². The third-order valence-electron chi connectivity index (χ3n) is 34.3. The summed E-state index contributed by atoms with van der Waals surface area (Å²) in [6.45, 7) is 44.3. The van der Waals surface area contributed by atoms with Gasteiger partial charge in [0.05, 0.1) is 17.5 Å². The molecule has 0 N–H and O–H groups in total. The maximum atomic E-state index is 16.3. The van der Waals surface area contributed by atoms with Gasteiger partial charge < -0.3 is 18.9 Å². The normalized spacial score (nSPS) is 24.0. The number of benzene rings is 9. The van der Waals surface area contributed by atoms with Gasteiger partial charge in [-0.1, -0.05) is 284 Å². The molecule has 4 amide bonds. The summed E-state index contributed by atoms with van der Waals surface area (Å²) >= 11 is 0. The molecule has 0 spiro atoms. The molecule has 142 heavy (non-hydrogen) atoms. The summed E-state index contributed by atoms with van der Waals surface area (Å²) < 4.78 is 30.0. The van der Waals surface area contributed by atoms with E-state index in [9.17, 15) is 0 Å². The van der Waals surface area contributed by atoms with Crippen LogP contribution >= 0.6 is 0 Å². The number of amides is 4. The van der Waals surface area contributed by atoms with Crippen molar-refractivity contribution in [2.45, 2.75) is 210 Å².